The van der Waals surface area contributed by atoms with Crippen LogP contribution in [-0.4, -0.2) is 40.6 Å². The molecule has 0 atom stereocenters. The topological polar surface area (TPSA) is 80.3 Å². The molecule has 0 aliphatic heterocycles. The summed E-state index contributed by atoms with van der Waals surface area (Å²) < 4.78 is 46.7. The number of alkyl halides is 1. The number of hydrogen-bond acceptors (Lipinski definition) is 4. The number of hydrogen-bond donors (Lipinski definition) is 1. The average Bonchev–Trinajstić information content (AvgIpc) is 1.97. The van der Waals surface area contributed by atoms with Crippen molar-refractivity contribution in [1.82, 2.24) is 4.72 Å². The fourth-order valence-corrected chi connectivity index (χ4v) is 4.68. The predicted octanol–water partition coefficient (Wildman–Crippen LogP) is 0.563. The van der Waals surface area contributed by atoms with Gasteiger partial charge in [0.05, 0.1) is 0 Å². The first-order valence-electron chi connectivity index (χ1n) is 4.68. The molecule has 0 rings (SSSR count). The summed E-state index contributed by atoms with van der Waals surface area (Å²) in [5, 5.41) is -0.878. The fourth-order valence-electron chi connectivity index (χ4n) is 0.973. The molecular weight excluding hydrogens is 274 g/mol. The maximum Gasteiger partial charge on any atom is 0.226 e. The normalized spacial score (nSPS) is 14.0. The maximum atomic E-state index is 11.4. The molecule has 0 amide bonds. The van der Waals surface area contributed by atoms with E-state index >= 15 is 0 Å². The van der Waals surface area contributed by atoms with Gasteiger partial charge in [-0.1, -0.05) is 13.8 Å². The van der Waals surface area contributed by atoms with Gasteiger partial charge in [0, 0.05) is 18.7 Å². The van der Waals surface area contributed by atoms with Gasteiger partial charge in [-0.25, -0.2) is 21.6 Å². The smallest absolute Gasteiger partial charge is 0.226 e. The van der Waals surface area contributed by atoms with Crippen molar-refractivity contribution in [3.05, 3.63) is 0 Å². The summed E-state index contributed by atoms with van der Waals surface area (Å²) in [5.74, 6) is 0.431. The third kappa shape index (κ3) is 8.32. The van der Waals surface area contributed by atoms with E-state index in [1.807, 2.05) is 13.8 Å². The Hall–Kier alpha value is 0.150. The minimum atomic E-state index is -3.77. The van der Waals surface area contributed by atoms with Crippen molar-refractivity contribution in [3.63, 3.8) is 0 Å². The number of halogens is 1. The zero-order chi connectivity index (χ0) is 13.0. The third-order valence-corrected chi connectivity index (χ3v) is 5.64. The first-order chi connectivity index (χ1) is 6.97. The molecular formula is C8H18ClNO4S2. The molecule has 16 heavy (non-hydrogen) atoms. The lowest BCUT2D eigenvalue weighted by molar-refractivity contribution is 0.352. The fraction of sp³-hybridized carbons (Fsp3) is 1.00. The van der Waals surface area contributed by atoms with Crippen LogP contribution in [0.4, 0.5) is 0 Å². The molecule has 0 aromatic heterocycles. The van der Waals surface area contributed by atoms with Gasteiger partial charge in [0.25, 0.3) is 0 Å². The van der Waals surface area contributed by atoms with Gasteiger partial charge in [-0.15, -0.1) is 11.6 Å². The molecule has 0 unspecified atom stereocenters. The van der Waals surface area contributed by atoms with E-state index in [4.69, 9.17) is 11.6 Å². The molecule has 0 radical (unpaired) electrons. The van der Waals surface area contributed by atoms with Gasteiger partial charge in [-0.05, 0) is 11.8 Å². The van der Waals surface area contributed by atoms with Crippen LogP contribution in [0.2, 0.25) is 0 Å². The van der Waals surface area contributed by atoms with Crippen LogP contribution in [0, 0.1) is 5.41 Å². The SMILES string of the molecule is CC(C)(CCCl)CNS(=O)(=O)CS(C)(=O)=O. The second kappa shape index (κ2) is 5.66. The second-order valence-electron chi connectivity index (χ2n) is 4.58. The highest BCUT2D eigenvalue weighted by Gasteiger charge is 2.23. The molecule has 0 spiro atoms. The molecule has 5 nitrogen and oxygen atoms in total. The van der Waals surface area contributed by atoms with Gasteiger partial charge >= 0.3 is 0 Å². The Morgan fingerprint density at radius 1 is 1.19 bits per heavy atom. The van der Waals surface area contributed by atoms with E-state index in [2.05, 4.69) is 4.72 Å². The first kappa shape index (κ1) is 16.1. The summed E-state index contributed by atoms with van der Waals surface area (Å²) >= 11 is 5.57. The Morgan fingerprint density at radius 3 is 2.06 bits per heavy atom. The van der Waals surface area contributed by atoms with Crippen molar-refractivity contribution in [3.8, 4) is 0 Å². The lowest BCUT2D eigenvalue weighted by Crippen LogP contribution is -2.37. The molecule has 0 fully saturated rings. The minimum Gasteiger partial charge on any atom is -0.228 e. The lowest BCUT2D eigenvalue weighted by atomic mass is 9.91. The van der Waals surface area contributed by atoms with Crippen molar-refractivity contribution >= 4 is 31.5 Å². The van der Waals surface area contributed by atoms with Gasteiger partial charge in [0.1, 0.15) is 0 Å². The van der Waals surface area contributed by atoms with Gasteiger partial charge in [0.2, 0.25) is 10.0 Å². The number of rotatable bonds is 7. The molecule has 98 valence electrons. The Balaban J connectivity index is 4.41. The maximum absolute atomic E-state index is 11.4. The van der Waals surface area contributed by atoms with Crippen LogP contribution in [-0.2, 0) is 19.9 Å². The standard InChI is InChI=1S/C8H18ClNO4S2/c1-8(2,4-5-9)6-10-16(13,14)7-15(3,11)12/h10H,4-7H2,1-3H3. The van der Waals surface area contributed by atoms with Crippen molar-refractivity contribution in [2.24, 2.45) is 5.41 Å². The quantitative estimate of drug-likeness (QED) is 0.695. The largest absolute Gasteiger partial charge is 0.228 e. The van der Waals surface area contributed by atoms with Crippen LogP contribution in [0.5, 0.6) is 0 Å². The van der Waals surface area contributed by atoms with Crippen molar-refractivity contribution in [2.75, 3.05) is 23.8 Å². The van der Waals surface area contributed by atoms with Crippen LogP contribution < -0.4 is 4.72 Å². The van der Waals surface area contributed by atoms with E-state index in [0.29, 0.717) is 12.3 Å². The summed E-state index contributed by atoms with van der Waals surface area (Å²) in [6.07, 6.45) is 1.53. The molecule has 0 aromatic rings. The summed E-state index contributed by atoms with van der Waals surface area (Å²) in [7, 11) is -7.31. The van der Waals surface area contributed by atoms with Crippen molar-refractivity contribution in [1.29, 1.82) is 0 Å². The Labute approximate surface area is 103 Å². The van der Waals surface area contributed by atoms with E-state index in [-0.39, 0.29) is 12.0 Å². The summed E-state index contributed by atoms with van der Waals surface area (Å²) in [5.41, 5.74) is -0.285. The third-order valence-electron chi connectivity index (χ3n) is 1.91. The molecule has 0 aliphatic carbocycles. The van der Waals surface area contributed by atoms with Crippen LogP contribution in [0.1, 0.15) is 20.3 Å². The molecule has 0 saturated heterocycles. The lowest BCUT2D eigenvalue weighted by Gasteiger charge is -2.23. The molecule has 8 heteroatoms. The Morgan fingerprint density at radius 2 is 1.69 bits per heavy atom. The van der Waals surface area contributed by atoms with Gasteiger partial charge in [-0.3, -0.25) is 0 Å². The van der Waals surface area contributed by atoms with Crippen LogP contribution in [0.3, 0.4) is 0 Å². The zero-order valence-corrected chi connectivity index (χ0v) is 12.0. The molecule has 0 heterocycles. The second-order valence-corrected chi connectivity index (χ2v) is 9.27. The van der Waals surface area contributed by atoms with Crippen molar-refractivity contribution < 1.29 is 16.8 Å². The van der Waals surface area contributed by atoms with Gasteiger partial charge in [0.15, 0.2) is 14.9 Å². The molecule has 1 N–H and O–H groups in total. The highest BCUT2D eigenvalue weighted by molar-refractivity contribution is 8.06. The number of sulfone groups is 1. The van der Waals surface area contributed by atoms with E-state index in [9.17, 15) is 16.8 Å². The van der Waals surface area contributed by atoms with E-state index < -0.39 is 24.9 Å². The van der Waals surface area contributed by atoms with E-state index in [1.165, 1.54) is 0 Å². The molecule has 0 saturated carbocycles. The van der Waals surface area contributed by atoms with Crippen LogP contribution in [0.25, 0.3) is 0 Å². The first-order valence-corrected chi connectivity index (χ1v) is 8.93. The number of nitrogens with one attached hydrogen (secondary N) is 1. The highest BCUT2D eigenvalue weighted by Crippen LogP contribution is 2.19. The van der Waals surface area contributed by atoms with E-state index in [0.717, 1.165) is 6.26 Å². The zero-order valence-electron chi connectivity index (χ0n) is 9.66. The monoisotopic (exact) mass is 291 g/mol. The molecule has 0 bridgehead atoms. The summed E-state index contributed by atoms with van der Waals surface area (Å²) in [6.45, 7) is 3.90. The Bertz CT molecular complexity index is 413. The average molecular weight is 292 g/mol. The number of sulfonamides is 1. The van der Waals surface area contributed by atoms with Crippen LogP contribution >= 0.6 is 11.6 Å². The van der Waals surface area contributed by atoms with Crippen LogP contribution in [0.15, 0.2) is 0 Å². The van der Waals surface area contributed by atoms with E-state index in [1.54, 1.807) is 0 Å². The molecule has 0 aromatic carbocycles. The summed E-state index contributed by atoms with van der Waals surface area (Å²) in [6, 6.07) is 0. The molecule has 0 aliphatic rings. The Kier molecular flexibility index (Phi) is 5.71. The minimum absolute atomic E-state index is 0.178. The predicted molar refractivity (Wildman–Crippen MR) is 65.8 cm³/mol. The van der Waals surface area contributed by atoms with Gasteiger partial charge in [-0.2, -0.15) is 0 Å². The van der Waals surface area contributed by atoms with Gasteiger partial charge < -0.3 is 0 Å². The highest BCUT2D eigenvalue weighted by atomic mass is 35.5. The summed E-state index contributed by atoms with van der Waals surface area (Å²) in [4.78, 5) is 0. The van der Waals surface area contributed by atoms with Crippen molar-refractivity contribution in [2.45, 2.75) is 20.3 Å².